The van der Waals surface area contributed by atoms with Crippen molar-refractivity contribution < 1.29 is 14.3 Å². The summed E-state index contributed by atoms with van der Waals surface area (Å²) in [5.41, 5.74) is 1.60. The van der Waals surface area contributed by atoms with Gasteiger partial charge in [0.15, 0.2) is 0 Å². The Morgan fingerprint density at radius 3 is 2.74 bits per heavy atom. The maximum Gasteiger partial charge on any atom is 0.332 e. The number of methoxy groups -OCH3 is 1. The zero-order valence-corrected chi connectivity index (χ0v) is 20.9. The molecule has 5 rings (SSSR count). The number of nitrogens with zero attached hydrogens (tertiary/aromatic N) is 6. The summed E-state index contributed by atoms with van der Waals surface area (Å²) in [6.07, 6.45) is 6.69. The van der Waals surface area contributed by atoms with Crippen molar-refractivity contribution in [3.8, 4) is 11.8 Å². The van der Waals surface area contributed by atoms with Crippen LogP contribution in [0.4, 0.5) is 10.5 Å². The van der Waals surface area contributed by atoms with Gasteiger partial charge in [-0.25, -0.2) is 9.69 Å². The van der Waals surface area contributed by atoms with E-state index in [2.05, 4.69) is 16.2 Å². The average molecular weight is 529 g/mol. The molecule has 4 heterocycles. The van der Waals surface area contributed by atoms with Gasteiger partial charge in [-0.15, -0.1) is 11.8 Å². The summed E-state index contributed by atoms with van der Waals surface area (Å²) < 4.78 is 6.83. The average Bonchev–Trinajstić information content (AvgIpc) is 3.45. The molecule has 2 atom stereocenters. The van der Waals surface area contributed by atoms with Crippen molar-refractivity contribution in [2.24, 2.45) is 7.05 Å². The number of hydrogen-bond donors (Lipinski definition) is 0. The molecule has 0 bridgehead atoms. The highest BCUT2D eigenvalue weighted by molar-refractivity contribution is 8.09. The highest BCUT2D eigenvalue weighted by atomic mass is 35.5. The Labute approximate surface area is 214 Å². The van der Waals surface area contributed by atoms with Crippen LogP contribution in [-0.4, -0.2) is 56.5 Å². The number of urea groups is 1. The Hall–Kier alpha value is -3.26. The predicted octanol–water partition coefficient (Wildman–Crippen LogP) is 4.49. The molecule has 3 aromatic rings. The number of thioether (sulfide) groups is 1. The number of benzene rings is 1. The number of fused-ring (bicyclic) bond motifs is 2. The maximum atomic E-state index is 13.8. The third-order valence-corrected chi connectivity index (χ3v) is 7.93. The van der Waals surface area contributed by atoms with Crippen molar-refractivity contribution in [1.82, 2.24) is 19.7 Å². The quantitative estimate of drug-likeness (QED) is 0.480. The van der Waals surface area contributed by atoms with E-state index < -0.39 is 17.3 Å². The van der Waals surface area contributed by atoms with Gasteiger partial charge in [0.2, 0.25) is 0 Å². The van der Waals surface area contributed by atoms with Crippen LogP contribution in [0.3, 0.4) is 0 Å². The standard InChI is InChI=1S/C23H18Cl2N6O3S/c1-29-20-12(10-28-29)9-27-11-17(20)31-22(32)21-16(30(23(31)33)5-3-4-26)8-19(35-21)13-6-15(25)18(34-2)7-14(13)24/h6-11,16,21H,3,5H2,1-2H3. The maximum absolute atomic E-state index is 13.8. The van der Waals surface area contributed by atoms with Gasteiger partial charge in [0.25, 0.3) is 5.91 Å². The van der Waals surface area contributed by atoms with Crippen LogP contribution in [0.5, 0.6) is 5.75 Å². The molecule has 9 nitrogen and oxygen atoms in total. The second-order valence-electron chi connectivity index (χ2n) is 7.95. The normalized spacial score (nSPS) is 19.7. The molecule has 3 amide bonds. The summed E-state index contributed by atoms with van der Waals surface area (Å²) in [4.78, 5) is 35.1. The Kier molecular flexibility index (Phi) is 6.09. The number of carbonyl (C=O) groups excluding carboxylic acids is 2. The second kappa shape index (κ2) is 9.07. The van der Waals surface area contributed by atoms with Gasteiger partial charge >= 0.3 is 6.03 Å². The first-order valence-electron chi connectivity index (χ1n) is 10.5. The topological polar surface area (TPSA) is 104 Å². The molecule has 1 saturated heterocycles. The Bertz CT molecular complexity index is 1450. The molecule has 2 aromatic heterocycles. The fraction of sp³-hybridized carbons (Fsp3) is 0.261. The van der Waals surface area contributed by atoms with Crippen LogP contribution in [0.2, 0.25) is 10.0 Å². The van der Waals surface area contributed by atoms with Crippen molar-refractivity contribution in [2.45, 2.75) is 17.7 Å². The van der Waals surface area contributed by atoms with E-state index in [1.165, 1.54) is 25.1 Å². The predicted molar refractivity (Wildman–Crippen MR) is 134 cm³/mol. The van der Waals surface area contributed by atoms with Gasteiger partial charge in [-0.1, -0.05) is 23.2 Å². The van der Waals surface area contributed by atoms with E-state index in [0.717, 1.165) is 9.81 Å². The van der Waals surface area contributed by atoms with Crippen molar-refractivity contribution in [3.05, 3.63) is 52.4 Å². The van der Waals surface area contributed by atoms with Crippen LogP contribution in [0, 0.1) is 11.3 Å². The molecule has 35 heavy (non-hydrogen) atoms. The molecule has 0 N–H and O–H groups in total. The van der Waals surface area contributed by atoms with Crippen LogP contribution in [0.1, 0.15) is 12.0 Å². The number of amides is 3. The van der Waals surface area contributed by atoms with Crippen molar-refractivity contribution in [1.29, 1.82) is 5.26 Å². The third kappa shape index (κ3) is 3.80. The Morgan fingerprint density at radius 1 is 1.20 bits per heavy atom. The number of nitriles is 1. The van der Waals surface area contributed by atoms with Crippen molar-refractivity contribution in [3.63, 3.8) is 0 Å². The molecule has 0 spiro atoms. The molecule has 1 fully saturated rings. The number of ether oxygens (including phenoxy) is 1. The monoisotopic (exact) mass is 528 g/mol. The van der Waals surface area contributed by atoms with Crippen LogP contribution >= 0.6 is 35.0 Å². The van der Waals surface area contributed by atoms with Gasteiger partial charge in [-0.05, 0) is 12.1 Å². The number of carbonyl (C=O) groups is 2. The lowest BCUT2D eigenvalue weighted by atomic mass is 10.0. The molecule has 0 aliphatic carbocycles. The zero-order valence-electron chi connectivity index (χ0n) is 18.6. The fourth-order valence-corrected chi connectivity index (χ4v) is 6.27. The number of rotatable bonds is 5. The molecule has 0 radical (unpaired) electrons. The molecular formula is C23H18Cl2N6O3S. The van der Waals surface area contributed by atoms with Crippen LogP contribution in [-0.2, 0) is 11.8 Å². The van der Waals surface area contributed by atoms with E-state index in [9.17, 15) is 14.9 Å². The van der Waals surface area contributed by atoms with E-state index in [1.807, 2.05) is 6.08 Å². The van der Waals surface area contributed by atoms with Gasteiger partial charge in [-0.2, -0.15) is 10.4 Å². The van der Waals surface area contributed by atoms with Gasteiger partial charge in [0.05, 0.1) is 59.3 Å². The number of aromatic nitrogens is 3. The molecule has 2 aliphatic rings. The number of imide groups is 1. The smallest absolute Gasteiger partial charge is 0.332 e. The lowest BCUT2D eigenvalue weighted by Gasteiger charge is -2.40. The summed E-state index contributed by atoms with van der Waals surface area (Å²) in [7, 11) is 3.24. The van der Waals surface area contributed by atoms with Gasteiger partial charge < -0.3 is 9.64 Å². The highest BCUT2D eigenvalue weighted by Gasteiger charge is 2.50. The SMILES string of the molecule is COc1cc(Cl)c(C2=CC3C(S2)C(=O)N(c2cncc4cnn(C)c24)C(=O)N3CCC#N)cc1Cl. The molecule has 178 valence electrons. The lowest BCUT2D eigenvalue weighted by molar-refractivity contribution is -0.119. The first kappa shape index (κ1) is 23.5. The van der Waals surface area contributed by atoms with E-state index >= 15 is 0 Å². The molecule has 12 heteroatoms. The Balaban J connectivity index is 1.59. The fourth-order valence-electron chi connectivity index (χ4n) is 4.36. The molecule has 0 saturated carbocycles. The molecular weight excluding hydrogens is 511 g/mol. The van der Waals surface area contributed by atoms with Crippen LogP contribution in [0.15, 0.2) is 36.8 Å². The number of pyridine rings is 1. The number of hydrogen-bond acceptors (Lipinski definition) is 7. The van der Waals surface area contributed by atoms with Gasteiger partial charge in [0.1, 0.15) is 11.0 Å². The Morgan fingerprint density at radius 2 is 2.00 bits per heavy atom. The van der Waals surface area contributed by atoms with Crippen molar-refractivity contribution >= 4 is 68.4 Å². The minimum atomic E-state index is -0.637. The van der Waals surface area contributed by atoms with Crippen LogP contribution in [0.25, 0.3) is 15.8 Å². The number of anilines is 1. The van der Waals surface area contributed by atoms with E-state index in [-0.39, 0.29) is 18.9 Å². The van der Waals surface area contributed by atoms with E-state index in [4.69, 9.17) is 27.9 Å². The number of halogens is 2. The zero-order chi connectivity index (χ0) is 24.9. The third-order valence-electron chi connectivity index (χ3n) is 5.98. The molecule has 2 aliphatic heterocycles. The first-order valence-corrected chi connectivity index (χ1v) is 12.2. The lowest BCUT2D eigenvalue weighted by Crippen LogP contribution is -2.62. The summed E-state index contributed by atoms with van der Waals surface area (Å²) >= 11 is 14.1. The van der Waals surface area contributed by atoms with E-state index in [1.54, 1.807) is 41.2 Å². The summed E-state index contributed by atoms with van der Waals surface area (Å²) in [5, 5.41) is 14.3. The minimum Gasteiger partial charge on any atom is -0.495 e. The summed E-state index contributed by atoms with van der Waals surface area (Å²) in [6.45, 7) is 0.163. The second-order valence-corrected chi connectivity index (χ2v) is 9.95. The molecule has 1 aromatic carbocycles. The highest BCUT2D eigenvalue weighted by Crippen LogP contribution is 2.48. The van der Waals surface area contributed by atoms with Gasteiger partial charge in [-0.3, -0.25) is 14.5 Å². The molecule has 2 unspecified atom stereocenters. The first-order chi connectivity index (χ1) is 16.8. The minimum absolute atomic E-state index is 0.119. The van der Waals surface area contributed by atoms with E-state index in [0.29, 0.717) is 37.9 Å². The van der Waals surface area contributed by atoms with Crippen molar-refractivity contribution in [2.75, 3.05) is 18.6 Å². The summed E-state index contributed by atoms with van der Waals surface area (Å²) in [5.74, 6) is 0.0574. The van der Waals surface area contributed by atoms with Crippen LogP contribution < -0.4 is 9.64 Å². The number of aryl methyl sites for hydroxylation is 1. The largest absolute Gasteiger partial charge is 0.495 e. The summed E-state index contributed by atoms with van der Waals surface area (Å²) in [6, 6.07) is 4.32. The van der Waals surface area contributed by atoms with Gasteiger partial charge in [0, 0.05) is 41.7 Å².